The Morgan fingerprint density at radius 2 is 2.00 bits per heavy atom. The largest absolute Gasteiger partial charge is 0.481 e. The predicted molar refractivity (Wildman–Crippen MR) is 93.5 cm³/mol. The molecule has 0 saturated carbocycles. The highest BCUT2D eigenvalue weighted by Crippen LogP contribution is 2.33. The van der Waals surface area contributed by atoms with Gasteiger partial charge in [0.15, 0.2) is 5.78 Å². The number of carbonyl (C=O) groups is 3. The van der Waals surface area contributed by atoms with Crippen LogP contribution in [-0.4, -0.2) is 47.0 Å². The van der Waals surface area contributed by atoms with Crippen LogP contribution in [0.5, 0.6) is 0 Å². The molecular weight excluding hydrogens is 340 g/mol. The van der Waals surface area contributed by atoms with E-state index in [2.05, 4.69) is 10.3 Å². The molecule has 1 amide bonds. The van der Waals surface area contributed by atoms with Crippen molar-refractivity contribution in [1.29, 1.82) is 0 Å². The zero-order valence-electron chi connectivity index (χ0n) is 15.4. The third-order valence-electron chi connectivity index (χ3n) is 4.38. The number of hydrogen-bond acceptors (Lipinski definition) is 5. The Bertz CT molecular complexity index is 810. The molecule has 1 aromatic rings. The maximum absolute atomic E-state index is 12.6. The number of Topliss-reactive ketones (excluding diaryl/α,β-unsaturated/α-hetero) is 1. The lowest BCUT2D eigenvalue weighted by atomic mass is 9.75. The summed E-state index contributed by atoms with van der Waals surface area (Å²) in [6.07, 6.45) is 0.488. The number of aromatic nitrogens is 1. The molecule has 1 aliphatic rings. The van der Waals surface area contributed by atoms with Crippen molar-refractivity contribution >= 4 is 17.7 Å². The van der Waals surface area contributed by atoms with Gasteiger partial charge in [-0.2, -0.15) is 0 Å². The minimum absolute atomic E-state index is 0.0407. The fourth-order valence-electron chi connectivity index (χ4n) is 3.32. The van der Waals surface area contributed by atoms with E-state index < -0.39 is 23.0 Å². The molecule has 1 unspecified atom stereocenters. The topological polar surface area (TPSA) is 126 Å². The van der Waals surface area contributed by atoms with Crippen molar-refractivity contribution in [2.75, 3.05) is 13.7 Å². The second kappa shape index (κ2) is 7.03. The second-order valence-electron chi connectivity index (χ2n) is 7.86. The molecule has 0 bridgehead atoms. The van der Waals surface area contributed by atoms with Crippen LogP contribution in [0.1, 0.15) is 60.0 Å². The third-order valence-corrected chi connectivity index (χ3v) is 4.38. The summed E-state index contributed by atoms with van der Waals surface area (Å²) in [6.45, 7) is 5.35. The first-order valence-electron chi connectivity index (χ1n) is 8.29. The standard InChI is InChI=1S/C18H24N2O6/c1-17(2)6-12-10(13(21)7-17)5-11(15(24)19-12)16(25)20-18(3,9-26-4)8-14(22)23/h5H,6-9H2,1-4H3,(H,19,24)(H,20,25)(H,22,23). The Labute approximate surface area is 150 Å². The number of methoxy groups -OCH3 is 1. The van der Waals surface area contributed by atoms with Crippen molar-refractivity contribution in [1.82, 2.24) is 10.3 Å². The third kappa shape index (κ3) is 4.37. The highest BCUT2D eigenvalue weighted by Gasteiger charge is 2.34. The number of H-pyrrole nitrogens is 1. The van der Waals surface area contributed by atoms with Crippen molar-refractivity contribution in [3.8, 4) is 0 Å². The first-order chi connectivity index (χ1) is 12.0. The lowest BCUT2D eigenvalue weighted by Gasteiger charge is -2.30. The number of nitrogens with one attached hydrogen (secondary N) is 2. The SMILES string of the molecule is COCC(C)(CC(=O)O)NC(=O)c1cc2c([nH]c1=O)CC(C)(C)CC2=O. The summed E-state index contributed by atoms with van der Waals surface area (Å²) in [5.41, 5.74) is -1.41. The number of amides is 1. The highest BCUT2D eigenvalue weighted by molar-refractivity contribution is 6.02. The minimum Gasteiger partial charge on any atom is -0.481 e. The van der Waals surface area contributed by atoms with Crippen molar-refractivity contribution < 1.29 is 24.2 Å². The number of carboxylic acids is 1. The molecule has 26 heavy (non-hydrogen) atoms. The summed E-state index contributed by atoms with van der Waals surface area (Å²) in [6, 6.07) is 1.30. The van der Waals surface area contributed by atoms with Gasteiger partial charge in [0.25, 0.3) is 11.5 Å². The van der Waals surface area contributed by atoms with Crippen molar-refractivity contribution in [3.63, 3.8) is 0 Å². The fraction of sp³-hybridized carbons (Fsp3) is 0.556. The van der Waals surface area contributed by atoms with E-state index in [1.54, 1.807) is 0 Å². The zero-order chi connectivity index (χ0) is 19.7. The normalized spacial score (nSPS) is 17.9. The van der Waals surface area contributed by atoms with Gasteiger partial charge in [-0.15, -0.1) is 0 Å². The summed E-state index contributed by atoms with van der Waals surface area (Å²) in [4.78, 5) is 51.0. The van der Waals surface area contributed by atoms with Crippen molar-refractivity contribution in [2.24, 2.45) is 5.41 Å². The van der Waals surface area contributed by atoms with Crippen LogP contribution in [0, 0.1) is 5.41 Å². The molecule has 0 fully saturated rings. The fourth-order valence-corrected chi connectivity index (χ4v) is 3.32. The molecule has 0 aromatic carbocycles. The molecule has 1 heterocycles. The van der Waals surface area contributed by atoms with Crippen molar-refractivity contribution in [2.45, 2.75) is 45.6 Å². The van der Waals surface area contributed by atoms with Gasteiger partial charge in [0.2, 0.25) is 0 Å². The van der Waals surface area contributed by atoms with E-state index in [1.807, 2.05) is 13.8 Å². The molecule has 0 aliphatic heterocycles. The van der Waals surface area contributed by atoms with Crippen LogP contribution in [0.3, 0.4) is 0 Å². The lowest BCUT2D eigenvalue weighted by Crippen LogP contribution is -2.51. The van der Waals surface area contributed by atoms with Crippen LogP contribution >= 0.6 is 0 Å². The van der Waals surface area contributed by atoms with E-state index in [0.29, 0.717) is 24.1 Å². The second-order valence-corrected chi connectivity index (χ2v) is 7.86. The molecule has 0 saturated heterocycles. The number of aromatic amines is 1. The number of carbonyl (C=O) groups excluding carboxylic acids is 2. The number of ketones is 1. The molecule has 8 heteroatoms. The number of rotatable bonds is 6. The molecule has 1 aliphatic carbocycles. The first-order valence-corrected chi connectivity index (χ1v) is 8.29. The number of carboxylic acid groups (broad SMARTS) is 1. The smallest absolute Gasteiger partial charge is 0.305 e. The van der Waals surface area contributed by atoms with E-state index in [0.717, 1.165) is 0 Å². The van der Waals surface area contributed by atoms with E-state index in [1.165, 1.54) is 20.1 Å². The van der Waals surface area contributed by atoms with Crippen molar-refractivity contribution in [3.05, 3.63) is 33.2 Å². The molecule has 1 aromatic heterocycles. The van der Waals surface area contributed by atoms with E-state index in [4.69, 9.17) is 9.84 Å². The summed E-state index contributed by atoms with van der Waals surface area (Å²) in [5, 5.41) is 11.6. The van der Waals surface area contributed by atoms with Gasteiger partial charge in [-0.05, 0) is 24.8 Å². The van der Waals surface area contributed by atoms with Gasteiger partial charge in [-0.3, -0.25) is 19.2 Å². The van der Waals surface area contributed by atoms with Crippen LogP contribution in [0.25, 0.3) is 0 Å². The minimum atomic E-state index is -1.19. The maximum Gasteiger partial charge on any atom is 0.305 e. The van der Waals surface area contributed by atoms with E-state index >= 15 is 0 Å². The van der Waals surface area contributed by atoms with Crippen LogP contribution in [0.4, 0.5) is 0 Å². The van der Waals surface area contributed by atoms with E-state index in [-0.39, 0.29) is 29.8 Å². The quantitative estimate of drug-likeness (QED) is 0.695. The molecule has 8 nitrogen and oxygen atoms in total. The van der Waals surface area contributed by atoms with Gasteiger partial charge in [0.05, 0.1) is 18.6 Å². The Morgan fingerprint density at radius 3 is 2.58 bits per heavy atom. The molecule has 0 radical (unpaired) electrons. The predicted octanol–water partition coefficient (Wildman–Crippen LogP) is 1.14. The number of pyridine rings is 1. The average Bonchev–Trinajstić information content (AvgIpc) is 2.43. The Hall–Kier alpha value is -2.48. The van der Waals surface area contributed by atoms with Gasteiger partial charge in [-0.1, -0.05) is 13.8 Å². The lowest BCUT2D eigenvalue weighted by molar-refractivity contribution is -0.139. The monoisotopic (exact) mass is 364 g/mol. The Balaban J connectivity index is 2.36. The first kappa shape index (κ1) is 19.8. The van der Waals surface area contributed by atoms with Crippen LogP contribution in [0.2, 0.25) is 0 Å². The molecule has 142 valence electrons. The summed E-state index contributed by atoms with van der Waals surface area (Å²) in [7, 11) is 1.39. The zero-order valence-corrected chi connectivity index (χ0v) is 15.4. The van der Waals surface area contributed by atoms with Gasteiger partial charge in [0, 0.05) is 24.8 Å². The molecule has 3 N–H and O–H groups in total. The Morgan fingerprint density at radius 1 is 1.35 bits per heavy atom. The molecular formula is C18H24N2O6. The number of ether oxygens (including phenoxy) is 1. The van der Waals surface area contributed by atoms with Gasteiger partial charge in [-0.25, -0.2) is 0 Å². The summed E-state index contributed by atoms with van der Waals surface area (Å²) in [5.74, 6) is -1.99. The van der Waals surface area contributed by atoms with Gasteiger partial charge < -0.3 is 20.1 Å². The summed E-state index contributed by atoms with van der Waals surface area (Å²) >= 11 is 0. The molecule has 1 atom stereocenters. The van der Waals surface area contributed by atoms with E-state index in [9.17, 15) is 19.2 Å². The molecule has 2 rings (SSSR count). The number of hydrogen-bond donors (Lipinski definition) is 3. The van der Waals surface area contributed by atoms with Gasteiger partial charge in [0.1, 0.15) is 5.56 Å². The van der Waals surface area contributed by atoms with Gasteiger partial charge >= 0.3 is 5.97 Å². The number of aliphatic carboxylic acids is 1. The van der Waals surface area contributed by atoms with Crippen LogP contribution in [-0.2, 0) is 16.0 Å². The van der Waals surface area contributed by atoms with Crippen LogP contribution in [0.15, 0.2) is 10.9 Å². The number of fused-ring (bicyclic) bond motifs is 1. The maximum atomic E-state index is 12.6. The Kier molecular flexibility index (Phi) is 5.36. The van der Waals surface area contributed by atoms with Crippen LogP contribution < -0.4 is 10.9 Å². The summed E-state index contributed by atoms with van der Waals surface area (Å²) < 4.78 is 4.99. The molecule has 0 spiro atoms. The highest BCUT2D eigenvalue weighted by atomic mass is 16.5. The average molecular weight is 364 g/mol.